The lowest BCUT2D eigenvalue weighted by Gasteiger charge is -2.04. The first kappa shape index (κ1) is 18.0. The second-order valence-electron chi connectivity index (χ2n) is 6.33. The molecule has 5 rings (SSSR count). The number of carbonyl (C=O) groups excluding carboxylic acids is 1. The normalized spacial score (nSPS) is 15.8. The van der Waals surface area contributed by atoms with Gasteiger partial charge in [-0.15, -0.1) is 20.1 Å². The third-order valence-corrected chi connectivity index (χ3v) is 5.41. The van der Waals surface area contributed by atoms with Crippen LogP contribution in [0, 0.1) is 0 Å². The summed E-state index contributed by atoms with van der Waals surface area (Å²) in [5, 5.41) is 5.60. The zero-order valence-electron chi connectivity index (χ0n) is 14.4. The number of nitrogens with one attached hydrogen (secondary N) is 1. The van der Waals surface area contributed by atoms with Crippen LogP contribution in [0.15, 0.2) is 46.8 Å². The van der Waals surface area contributed by atoms with E-state index in [1.54, 1.807) is 17.5 Å². The first-order valence-corrected chi connectivity index (χ1v) is 9.65. The van der Waals surface area contributed by atoms with Gasteiger partial charge in [-0.05, 0) is 23.8 Å². The van der Waals surface area contributed by atoms with Crippen LogP contribution in [0.1, 0.15) is 16.1 Å². The number of benzene rings is 2. The maximum atomic E-state index is 13.2. The van der Waals surface area contributed by atoms with E-state index in [1.807, 2.05) is 12.1 Å². The van der Waals surface area contributed by atoms with E-state index >= 15 is 0 Å². The summed E-state index contributed by atoms with van der Waals surface area (Å²) in [6.07, 6.45) is -3.40. The van der Waals surface area contributed by atoms with Crippen LogP contribution in [-0.4, -0.2) is 23.0 Å². The molecule has 0 unspecified atom stereocenters. The van der Waals surface area contributed by atoms with Crippen LogP contribution < -0.4 is 14.8 Å². The zero-order valence-corrected chi connectivity index (χ0v) is 16.0. The number of rotatable bonds is 2. The van der Waals surface area contributed by atoms with Crippen molar-refractivity contribution in [1.29, 1.82) is 0 Å². The predicted molar refractivity (Wildman–Crippen MR) is 103 cm³/mol. The largest absolute Gasteiger partial charge is 0.586 e. The van der Waals surface area contributed by atoms with Gasteiger partial charge in [-0.2, -0.15) is 0 Å². The molecule has 2 aromatic carbocycles. The maximum absolute atomic E-state index is 13.2. The van der Waals surface area contributed by atoms with Crippen molar-refractivity contribution in [2.24, 2.45) is 4.99 Å². The average Bonchev–Trinajstić information content (AvgIpc) is 3.34. The highest BCUT2D eigenvalue weighted by molar-refractivity contribution is 7.13. The fourth-order valence-corrected chi connectivity index (χ4v) is 4.03. The lowest BCUT2D eigenvalue weighted by molar-refractivity contribution is -0.286. The first-order chi connectivity index (χ1) is 13.9. The number of ether oxygens (including phenoxy) is 2. The summed E-state index contributed by atoms with van der Waals surface area (Å²) >= 11 is 7.32. The fourth-order valence-electron chi connectivity index (χ4n) is 3.04. The summed E-state index contributed by atoms with van der Waals surface area (Å²) in [6, 6.07) is 10.0. The van der Waals surface area contributed by atoms with Crippen LogP contribution in [-0.2, 0) is 6.42 Å². The summed E-state index contributed by atoms with van der Waals surface area (Å²) in [5.74, 6) is -0.164. The monoisotopic (exact) mass is 433 g/mol. The van der Waals surface area contributed by atoms with E-state index in [2.05, 4.69) is 24.8 Å². The van der Waals surface area contributed by atoms with Gasteiger partial charge in [0, 0.05) is 28.5 Å². The molecule has 3 heterocycles. The molecule has 10 heteroatoms. The molecule has 1 aromatic heterocycles. The predicted octanol–water partition coefficient (Wildman–Crippen LogP) is 4.80. The summed E-state index contributed by atoms with van der Waals surface area (Å²) in [5.41, 5.74) is 2.16. The summed E-state index contributed by atoms with van der Waals surface area (Å²) in [7, 11) is 0. The molecule has 0 bridgehead atoms. The smallest absolute Gasteiger partial charge is 0.395 e. The molecule has 6 nitrogen and oxygen atoms in total. The van der Waals surface area contributed by atoms with Gasteiger partial charge in [0.1, 0.15) is 16.5 Å². The van der Waals surface area contributed by atoms with Gasteiger partial charge in [0.15, 0.2) is 11.5 Å². The van der Waals surface area contributed by atoms with Crippen molar-refractivity contribution >= 4 is 40.4 Å². The second-order valence-corrected chi connectivity index (χ2v) is 7.63. The molecular formula is C19H10ClF2N3O3S. The number of hydrogen-bond donors (Lipinski definition) is 1. The van der Waals surface area contributed by atoms with Crippen LogP contribution in [0.4, 0.5) is 14.5 Å². The van der Waals surface area contributed by atoms with Gasteiger partial charge in [-0.3, -0.25) is 4.79 Å². The van der Waals surface area contributed by atoms with Gasteiger partial charge >= 0.3 is 6.29 Å². The van der Waals surface area contributed by atoms with Crippen LogP contribution in [0.25, 0.3) is 10.6 Å². The molecule has 0 spiro atoms. The van der Waals surface area contributed by atoms with E-state index in [4.69, 9.17) is 11.6 Å². The Balaban J connectivity index is 1.32. The molecular weight excluding hydrogens is 424 g/mol. The van der Waals surface area contributed by atoms with Crippen molar-refractivity contribution in [1.82, 2.24) is 10.3 Å². The number of hydrogen-bond acceptors (Lipinski definition) is 6. The number of aromatic nitrogens is 1. The van der Waals surface area contributed by atoms with Crippen LogP contribution >= 0.6 is 22.9 Å². The van der Waals surface area contributed by atoms with E-state index in [1.165, 1.54) is 23.5 Å². The molecule has 2 aliphatic rings. The molecule has 0 saturated heterocycles. The highest BCUT2D eigenvalue weighted by Crippen LogP contribution is 2.45. The summed E-state index contributed by atoms with van der Waals surface area (Å²) < 4.78 is 35.2. The number of thiazole rings is 1. The highest BCUT2D eigenvalue weighted by atomic mass is 35.5. The van der Waals surface area contributed by atoms with Crippen molar-refractivity contribution in [3.05, 3.63) is 58.1 Å². The topological polar surface area (TPSA) is 72.8 Å². The summed E-state index contributed by atoms with van der Waals surface area (Å²) in [6.45, 7) is 0. The highest BCUT2D eigenvalue weighted by Gasteiger charge is 2.44. The van der Waals surface area contributed by atoms with Crippen LogP contribution in [0.2, 0.25) is 5.02 Å². The van der Waals surface area contributed by atoms with Gasteiger partial charge in [0.05, 0.1) is 5.69 Å². The Morgan fingerprint density at radius 1 is 1.21 bits per heavy atom. The van der Waals surface area contributed by atoms with Crippen LogP contribution in [0.5, 0.6) is 11.5 Å². The Kier molecular flexibility index (Phi) is 4.04. The van der Waals surface area contributed by atoms with Crippen molar-refractivity contribution in [3.63, 3.8) is 0 Å². The van der Waals surface area contributed by atoms with E-state index in [0.717, 1.165) is 5.56 Å². The standard InChI is InChI=1S/C19H10ClF2N3O3S/c20-11-3-1-2-9(4-11)18-24-13(8-29-18)17(26)25-16-6-10-5-14-15(7-12(10)23-16)28-19(21,22)27-14/h1-5,7-8H,6H2,(H,23,25,26). The number of carbonyl (C=O) groups is 1. The molecule has 0 fully saturated rings. The van der Waals surface area contributed by atoms with Gasteiger partial charge < -0.3 is 14.8 Å². The van der Waals surface area contributed by atoms with Crippen molar-refractivity contribution in [2.75, 3.05) is 0 Å². The SMILES string of the molecule is O=C(NC1=Nc2cc3c(cc2C1)OC(F)(F)O3)c1csc(-c2cccc(Cl)c2)n1. The Hall–Kier alpha value is -3.04. The number of halogens is 3. The Morgan fingerprint density at radius 3 is 2.79 bits per heavy atom. The van der Waals surface area contributed by atoms with Crippen molar-refractivity contribution < 1.29 is 23.0 Å². The Labute approximate surface area is 171 Å². The number of amidine groups is 1. The minimum Gasteiger partial charge on any atom is -0.395 e. The molecule has 3 aromatic rings. The molecule has 146 valence electrons. The van der Waals surface area contributed by atoms with Gasteiger partial charge in [-0.1, -0.05) is 23.7 Å². The minimum absolute atomic E-state index is 0.0535. The molecule has 2 aliphatic heterocycles. The van der Waals surface area contributed by atoms with E-state index in [0.29, 0.717) is 27.1 Å². The molecule has 0 aliphatic carbocycles. The number of aliphatic imine (C=N–C) groups is 1. The second kappa shape index (κ2) is 6.50. The molecule has 0 saturated carbocycles. The number of amides is 1. The maximum Gasteiger partial charge on any atom is 0.586 e. The molecule has 1 N–H and O–H groups in total. The Bertz CT molecular complexity index is 1200. The van der Waals surface area contributed by atoms with E-state index < -0.39 is 12.2 Å². The fraction of sp³-hybridized carbons (Fsp3) is 0.105. The van der Waals surface area contributed by atoms with Crippen molar-refractivity contribution in [2.45, 2.75) is 12.7 Å². The molecule has 29 heavy (non-hydrogen) atoms. The zero-order chi connectivity index (χ0) is 20.2. The number of fused-ring (bicyclic) bond motifs is 2. The van der Waals surface area contributed by atoms with Gasteiger partial charge in [0.25, 0.3) is 5.91 Å². The average molecular weight is 434 g/mol. The van der Waals surface area contributed by atoms with Crippen molar-refractivity contribution in [3.8, 4) is 22.1 Å². The molecule has 0 radical (unpaired) electrons. The lowest BCUT2D eigenvalue weighted by Crippen LogP contribution is -2.30. The Morgan fingerprint density at radius 2 is 2.00 bits per heavy atom. The number of alkyl halides is 2. The molecule has 1 amide bonds. The minimum atomic E-state index is -3.68. The third kappa shape index (κ3) is 3.43. The van der Waals surface area contributed by atoms with Gasteiger partial charge in [0.2, 0.25) is 0 Å². The number of nitrogens with zero attached hydrogens (tertiary/aromatic N) is 2. The first-order valence-electron chi connectivity index (χ1n) is 8.39. The van der Waals surface area contributed by atoms with Gasteiger partial charge in [-0.25, -0.2) is 9.98 Å². The summed E-state index contributed by atoms with van der Waals surface area (Å²) in [4.78, 5) is 21.2. The lowest BCUT2D eigenvalue weighted by atomic mass is 10.1. The third-order valence-electron chi connectivity index (χ3n) is 4.28. The van der Waals surface area contributed by atoms with E-state index in [9.17, 15) is 13.6 Å². The molecule has 0 atom stereocenters. The van der Waals surface area contributed by atoms with E-state index in [-0.39, 0.29) is 23.6 Å². The van der Waals surface area contributed by atoms with Crippen LogP contribution in [0.3, 0.4) is 0 Å². The quantitative estimate of drug-likeness (QED) is 0.630.